The summed E-state index contributed by atoms with van der Waals surface area (Å²) >= 11 is 0. The number of para-hydroxylation sites is 1. The fourth-order valence-corrected chi connectivity index (χ4v) is 1.72. The molecule has 1 aliphatic heterocycles. The Bertz CT molecular complexity index is 328. The lowest BCUT2D eigenvalue weighted by atomic mass is 10.3. The number of hydrazine groups is 1. The number of aliphatic hydroxyl groups excluding tert-OH is 1. The highest BCUT2D eigenvalue weighted by Crippen LogP contribution is 2.08. The number of benzene rings is 1. The summed E-state index contributed by atoms with van der Waals surface area (Å²) in [4.78, 5) is 0. The fourth-order valence-electron chi connectivity index (χ4n) is 1.72. The molecule has 1 heterocycles. The predicted octanol–water partition coefficient (Wildman–Crippen LogP) is 0.263. The van der Waals surface area contributed by atoms with Crippen molar-refractivity contribution in [2.24, 2.45) is 0 Å². The molecule has 1 aromatic rings. The van der Waals surface area contributed by atoms with Crippen molar-refractivity contribution in [3.8, 4) is 5.75 Å². The Morgan fingerprint density at radius 1 is 1.28 bits per heavy atom. The zero-order valence-corrected chi connectivity index (χ0v) is 10.4. The monoisotopic (exact) mass is 252 g/mol. The number of morpholine rings is 1. The largest absolute Gasteiger partial charge is 0.491 e. The third-order valence-electron chi connectivity index (χ3n) is 2.75. The van der Waals surface area contributed by atoms with E-state index in [0.717, 1.165) is 32.1 Å². The number of aliphatic hydroxyl groups is 1. The van der Waals surface area contributed by atoms with Crippen LogP contribution in [0.1, 0.15) is 0 Å². The Morgan fingerprint density at radius 3 is 2.72 bits per heavy atom. The van der Waals surface area contributed by atoms with E-state index in [0.29, 0.717) is 13.2 Å². The topological polar surface area (TPSA) is 54.0 Å². The van der Waals surface area contributed by atoms with Crippen LogP contribution in [0.5, 0.6) is 5.75 Å². The zero-order chi connectivity index (χ0) is 12.6. The minimum atomic E-state index is -0.520. The summed E-state index contributed by atoms with van der Waals surface area (Å²) in [5.74, 6) is 0.780. The number of hydrogen-bond acceptors (Lipinski definition) is 5. The molecule has 0 saturated carbocycles. The molecule has 1 fully saturated rings. The zero-order valence-electron chi connectivity index (χ0n) is 10.4. The normalized spacial score (nSPS) is 18.5. The van der Waals surface area contributed by atoms with Gasteiger partial charge in [-0.15, -0.1) is 0 Å². The van der Waals surface area contributed by atoms with Crippen molar-refractivity contribution in [2.45, 2.75) is 6.10 Å². The van der Waals surface area contributed by atoms with E-state index >= 15 is 0 Å². The average molecular weight is 252 g/mol. The lowest BCUT2D eigenvalue weighted by Crippen LogP contribution is -2.48. The van der Waals surface area contributed by atoms with Crippen molar-refractivity contribution in [3.05, 3.63) is 30.3 Å². The first kappa shape index (κ1) is 13.3. The molecule has 5 heteroatoms. The van der Waals surface area contributed by atoms with E-state index in [1.54, 1.807) is 0 Å². The van der Waals surface area contributed by atoms with Gasteiger partial charge in [-0.2, -0.15) is 0 Å². The summed E-state index contributed by atoms with van der Waals surface area (Å²) in [6, 6.07) is 9.51. The SMILES string of the molecule is OC(CNN1CCOCC1)COc1ccccc1. The standard InChI is InChI=1S/C13H20N2O3/c16-12(10-14-15-6-8-17-9-7-15)11-18-13-4-2-1-3-5-13/h1-5,12,14,16H,6-11H2. The molecule has 1 saturated heterocycles. The molecule has 5 nitrogen and oxygen atoms in total. The molecule has 18 heavy (non-hydrogen) atoms. The van der Waals surface area contributed by atoms with Crippen LogP contribution in [0.25, 0.3) is 0 Å². The lowest BCUT2D eigenvalue weighted by molar-refractivity contribution is -0.000790. The van der Waals surface area contributed by atoms with Gasteiger partial charge in [-0.1, -0.05) is 18.2 Å². The van der Waals surface area contributed by atoms with Crippen LogP contribution in [0.15, 0.2) is 30.3 Å². The second-order valence-electron chi connectivity index (χ2n) is 4.24. The first-order valence-corrected chi connectivity index (χ1v) is 6.27. The Kier molecular flexibility index (Phi) is 5.41. The highest BCUT2D eigenvalue weighted by atomic mass is 16.5. The Labute approximate surface area is 107 Å². The summed E-state index contributed by atoms with van der Waals surface area (Å²) < 4.78 is 10.7. The minimum Gasteiger partial charge on any atom is -0.491 e. The molecule has 0 aliphatic carbocycles. The molecule has 2 N–H and O–H groups in total. The minimum absolute atomic E-state index is 0.293. The van der Waals surface area contributed by atoms with Gasteiger partial charge in [0.1, 0.15) is 18.5 Å². The van der Waals surface area contributed by atoms with Gasteiger partial charge in [0.15, 0.2) is 0 Å². The van der Waals surface area contributed by atoms with E-state index in [-0.39, 0.29) is 0 Å². The molecule has 100 valence electrons. The molecule has 0 aromatic heterocycles. The Morgan fingerprint density at radius 2 is 2.00 bits per heavy atom. The van der Waals surface area contributed by atoms with Crippen molar-refractivity contribution < 1.29 is 14.6 Å². The molecule has 1 atom stereocenters. The number of nitrogens with one attached hydrogen (secondary N) is 1. The quantitative estimate of drug-likeness (QED) is 0.761. The molecular weight excluding hydrogens is 232 g/mol. The molecule has 1 unspecified atom stereocenters. The van der Waals surface area contributed by atoms with Gasteiger partial charge in [-0.25, -0.2) is 5.01 Å². The molecular formula is C13H20N2O3. The Hall–Kier alpha value is -1.14. The second kappa shape index (κ2) is 7.33. The third-order valence-corrected chi connectivity index (χ3v) is 2.75. The maximum atomic E-state index is 9.80. The van der Waals surface area contributed by atoms with Crippen molar-refractivity contribution in [1.29, 1.82) is 0 Å². The molecule has 2 rings (SSSR count). The van der Waals surface area contributed by atoms with Gasteiger partial charge in [-0.3, -0.25) is 5.43 Å². The van der Waals surface area contributed by atoms with Crippen LogP contribution in [0.2, 0.25) is 0 Å². The van der Waals surface area contributed by atoms with Gasteiger partial charge < -0.3 is 14.6 Å². The van der Waals surface area contributed by atoms with Gasteiger partial charge in [0.25, 0.3) is 0 Å². The number of rotatable bonds is 6. The maximum absolute atomic E-state index is 9.80. The Balaban J connectivity index is 1.61. The number of ether oxygens (including phenoxy) is 2. The van der Waals surface area contributed by atoms with E-state index in [4.69, 9.17) is 9.47 Å². The summed E-state index contributed by atoms with van der Waals surface area (Å²) in [7, 11) is 0. The van der Waals surface area contributed by atoms with Crippen LogP contribution in [0.4, 0.5) is 0 Å². The highest BCUT2D eigenvalue weighted by molar-refractivity contribution is 5.20. The van der Waals surface area contributed by atoms with E-state index in [9.17, 15) is 5.11 Å². The van der Waals surface area contributed by atoms with Crippen LogP contribution in [-0.4, -0.2) is 55.7 Å². The predicted molar refractivity (Wildman–Crippen MR) is 68.3 cm³/mol. The van der Waals surface area contributed by atoms with E-state index in [2.05, 4.69) is 10.4 Å². The van der Waals surface area contributed by atoms with Crippen molar-refractivity contribution in [2.75, 3.05) is 39.5 Å². The summed E-state index contributed by atoms with van der Waals surface area (Å²) in [5.41, 5.74) is 3.18. The van der Waals surface area contributed by atoms with E-state index < -0.39 is 6.10 Å². The molecule has 1 aromatic carbocycles. The molecule has 0 spiro atoms. The van der Waals surface area contributed by atoms with Gasteiger partial charge in [0.2, 0.25) is 0 Å². The molecule has 1 aliphatic rings. The van der Waals surface area contributed by atoms with Gasteiger partial charge in [-0.05, 0) is 12.1 Å². The molecule has 0 radical (unpaired) electrons. The number of nitrogens with zero attached hydrogens (tertiary/aromatic N) is 1. The fraction of sp³-hybridized carbons (Fsp3) is 0.538. The first-order chi connectivity index (χ1) is 8.84. The van der Waals surface area contributed by atoms with Crippen molar-refractivity contribution in [3.63, 3.8) is 0 Å². The third kappa shape index (κ3) is 4.62. The van der Waals surface area contributed by atoms with E-state index in [1.165, 1.54) is 0 Å². The first-order valence-electron chi connectivity index (χ1n) is 6.27. The number of hydrogen-bond donors (Lipinski definition) is 2. The van der Waals surface area contributed by atoms with Gasteiger partial charge >= 0.3 is 0 Å². The average Bonchev–Trinajstić information content (AvgIpc) is 2.45. The van der Waals surface area contributed by atoms with Gasteiger partial charge in [0.05, 0.1) is 13.2 Å². The smallest absolute Gasteiger partial charge is 0.119 e. The van der Waals surface area contributed by atoms with Crippen LogP contribution < -0.4 is 10.2 Å². The van der Waals surface area contributed by atoms with Crippen LogP contribution in [0, 0.1) is 0 Å². The van der Waals surface area contributed by atoms with Crippen molar-refractivity contribution in [1.82, 2.24) is 10.4 Å². The maximum Gasteiger partial charge on any atom is 0.119 e. The second-order valence-corrected chi connectivity index (χ2v) is 4.24. The van der Waals surface area contributed by atoms with Gasteiger partial charge in [0, 0.05) is 19.6 Å². The summed E-state index contributed by atoms with van der Waals surface area (Å²) in [5, 5.41) is 11.9. The van der Waals surface area contributed by atoms with Crippen LogP contribution in [0.3, 0.4) is 0 Å². The van der Waals surface area contributed by atoms with Crippen LogP contribution in [-0.2, 0) is 4.74 Å². The van der Waals surface area contributed by atoms with E-state index in [1.807, 2.05) is 30.3 Å². The lowest BCUT2D eigenvalue weighted by Gasteiger charge is -2.28. The summed E-state index contributed by atoms with van der Waals surface area (Å²) in [6.45, 7) is 3.97. The van der Waals surface area contributed by atoms with Crippen LogP contribution >= 0.6 is 0 Å². The highest BCUT2D eigenvalue weighted by Gasteiger charge is 2.12. The summed E-state index contributed by atoms with van der Waals surface area (Å²) in [6.07, 6.45) is -0.520. The molecule has 0 amide bonds. The molecule has 0 bridgehead atoms. The van der Waals surface area contributed by atoms with Crippen molar-refractivity contribution >= 4 is 0 Å².